The Hall–Kier alpha value is -1.93. The number of tetrazole rings is 1. The Morgan fingerprint density at radius 3 is 3.12 bits per heavy atom. The molecule has 1 saturated heterocycles. The van der Waals surface area contributed by atoms with E-state index in [1.165, 1.54) is 11.8 Å². The lowest BCUT2D eigenvalue weighted by atomic mass is 10.1. The van der Waals surface area contributed by atoms with E-state index in [-0.39, 0.29) is 17.8 Å². The Morgan fingerprint density at radius 1 is 1.46 bits per heavy atom. The lowest BCUT2D eigenvalue weighted by Crippen LogP contribution is -2.32. The molecule has 24 heavy (non-hydrogen) atoms. The number of carbonyl (C=O) groups is 1. The fourth-order valence-electron chi connectivity index (χ4n) is 2.58. The van der Waals surface area contributed by atoms with Crippen molar-refractivity contribution in [3.05, 3.63) is 29.3 Å². The van der Waals surface area contributed by atoms with Crippen molar-refractivity contribution in [2.24, 2.45) is 0 Å². The van der Waals surface area contributed by atoms with Crippen LogP contribution in [0.1, 0.15) is 24.0 Å². The van der Waals surface area contributed by atoms with E-state index in [4.69, 9.17) is 4.74 Å². The van der Waals surface area contributed by atoms with E-state index >= 15 is 0 Å². The minimum atomic E-state index is -0.0361. The molecule has 1 amide bonds. The average molecular weight is 347 g/mol. The highest BCUT2D eigenvalue weighted by Gasteiger charge is 2.17. The van der Waals surface area contributed by atoms with Gasteiger partial charge in [-0.1, -0.05) is 23.9 Å². The van der Waals surface area contributed by atoms with Gasteiger partial charge in [-0.05, 0) is 54.3 Å². The lowest BCUT2D eigenvalue weighted by Gasteiger charge is -2.11. The van der Waals surface area contributed by atoms with Gasteiger partial charge in [0.1, 0.15) is 0 Å². The largest absolute Gasteiger partial charge is 0.376 e. The molecule has 0 bridgehead atoms. The zero-order valence-electron chi connectivity index (χ0n) is 13.9. The number of aryl methyl sites for hydroxylation is 2. The first-order valence-corrected chi connectivity index (χ1v) is 8.99. The number of thioether (sulfide) groups is 1. The SMILES string of the molecule is Cc1ccc(C)c(-n2nnnc2SCC(=O)NC[C@H]2CCCO2)c1. The molecule has 2 aromatic rings. The highest BCUT2D eigenvalue weighted by Crippen LogP contribution is 2.21. The van der Waals surface area contributed by atoms with Gasteiger partial charge in [-0.3, -0.25) is 4.79 Å². The van der Waals surface area contributed by atoms with Gasteiger partial charge in [-0.25, -0.2) is 0 Å². The van der Waals surface area contributed by atoms with Crippen LogP contribution in [0.4, 0.5) is 0 Å². The highest BCUT2D eigenvalue weighted by atomic mass is 32.2. The van der Waals surface area contributed by atoms with Crippen LogP contribution in [0.25, 0.3) is 5.69 Å². The van der Waals surface area contributed by atoms with E-state index < -0.39 is 0 Å². The zero-order chi connectivity index (χ0) is 16.9. The first kappa shape index (κ1) is 16.9. The van der Waals surface area contributed by atoms with Crippen LogP contribution < -0.4 is 5.32 Å². The minimum Gasteiger partial charge on any atom is -0.376 e. The molecular weight excluding hydrogens is 326 g/mol. The Labute approximate surface area is 145 Å². The van der Waals surface area contributed by atoms with E-state index in [1.54, 1.807) is 4.68 Å². The summed E-state index contributed by atoms with van der Waals surface area (Å²) in [5.41, 5.74) is 3.15. The van der Waals surface area contributed by atoms with Crippen LogP contribution in [-0.2, 0) is 9.53 Å². The van der Waals surface area contributed by atoms with Crippen molar-refractivity contribution in [1.29, 1.82) is 0 Å². The van der Waals surface area contributed by atoms with E-state index in [2.05, 4.69) is 26.9 Å². The molecule has 3 rings (SSSR count). The van der Waals surface area contributed by atoms with Gasteiger partial charge in [-0.15, -0.1) is 5.10 Å². The number of amides is 1. The van der Waals surface area contributed by atoms with Gasteiger partial charge in [0, 0.05) is 13.2 Å². The normalized spacial score (nSPS) is 17.2. The average Bonchev–Trinajstić information content (AvgIpc) is 3.24. The molecule has 1 atom stereocenters. The first-order valence-electron chi connectivity index (χ1n) is 8.00. The van der Waals surface area contributed by atoms with Crippen LogP contribution in [0, 0.1) is 13.8 Å². The fraction of sp³-hybridized carbons (Fsp3) is 0.500. The predicted octanol–water partition coefficient (Wildman–Crippen LogP) is 1.67. The highest BCUT2D eigenvalue weighted by molar-refractivity contribution is 7.99. The quantitative estimate of drug-likeness (QED) is 0.801. The molecule has 7 nitrogen and oxygen atoms in total. The van der Waals surface area contributed by atoms with Crippen molar-refractivity contribution >= 4 is 17.7 Å². The maximum atomic E-state index is 12.0. The van der Waals surface area contributed by atoms with Gasteiger partial charge in [0.2, 0.25) is 11.1 Å². The Morgan fingerprint density at radius 2 is 2.33 bits per heavy atom. The standard InChI is InChI=1S/C16H21N5O2S/c1-11-5-6-12(2)14(8-11)21-16(18-19-20-21)24-10-15(22)17-9-13-4-3-7-23-13/h5-6,8,13H,3-4,7,9-10H2,1-2H3,(H,17,22)/t13-/m1/s1. The zero-order valence-corrected chi connectivity index (χ0v) is 14.7. The van der Waals surface area contributed by atoms with Gasteiger partial charge in [0.25, 0.3) is 0 Å². The summed E-state index contributed by atoms with van der Waals surface area (Å²) in [5, 5.41) is 15.3. The number of benzene rings is 1. The van der Waals surface area contributed by atoms with Crippen LogP contribution in [0.2, 0.25) is 0 Å². The topological polar surface area (TPSA) is 81.9 Å². The van der Waals surface area contributed by atoms with Crippen LogP contribution in [0.5, 0.6) is 0 Å². The molecular formula is C16H21N5O2S. The lowest BCUT2D eigenvalue weighted by molar-refractivity contribution is -0.119. The number of aromatic nitrogens is 4. The van der Waals surface area contributed by atoms with E-state index in [0.29, 0.717) is 11.7 Å². The molecule has 2 heterocycles. The van der Waals surface area contributed by atoms with Crippen LogP contribution in [0.15, 0.2) is 23.4 Å². The summed E-state index contributed by atoms with van der Waals surface area (Å²) >= 11 is 1.33. The van der Waals surface area contributed by atoms with Crippen molar-refractivity contribution in [2.45, 2.75) is 37.9 Å². The summed E-state index contributed by atoms with van der Waals surface area (Å²) in [6.07, 6.45) is 2.23. The summed E-state index contributed by atoms with van der Waals surface area (Å²) in [6.45, 7) is 5.40. The van der Waals surface area contributed by atoms with Gasteiger partial charge in [0.05, 0.1) is 17.5 Å². The van der Waals surface area contributed by atoms with Crippen LogP contribution in [-0.4, -0.2) is 51.1 Å². The first-order chi connectivity index (χ1) is 11.6. The summed E-state index contributed by atoms with van der Waals surface area (Å²) in [6, 6.07) is 6.12. The summed E-state index contributed by atoms with van der Waals surface area (Å²) in [4.78, 5) is 12.0. The molecule has 1 aliphatic rings. The third-order valence-electron chi connectivity index (χ3n) is 3.92. The molecule has 1 aromatic heterocycles. The molecule has 1 fully saturated rings. The van der Waals surface area contributed by atoms with Gasteiger partial charge >= 0.3 is 0 Å². The van der Waals surface area contributed by atoms with Crippen LogP contribution in [0.3, 0.4) is 0 Å². The Bertz CT molecular complexity index is 712. The number of nitrogens with zero attached hydrogens (tertiary/aromatic N) is 4. The van der Waals surface area contributed by atoms with Crippen molar-refractivity contribution in [2.75, 3.05) is 18.9 Å². The number of hydrogen-bond donors (Lipinski definition) is 1. The molecule has 1 aliphatic heterocycles. The third-order valence-corrected chi connectivity index (χ3v) is 4.84. The Kier molecular flexibility index (Phi) is 5.47. The number of hydrogen-bond acceptors (Lipinski definition) is 6. The van der Waals surface area contributed by atoms with Crippen molar-refractivity contribution in [3.8, 4) is 5.69 Å². The molecule has 0 aliphatic carbocycles. The molecule has 0 saturated carbocycles. The molecule has 0 spiro atoms. The third kappa shape index (κ3) is 4.12. The molecule has 1 aromatic carbocycles. The van der Waals surface area contributed by atoms with E-state index in [0.717, 1.165) is 36.3 Å². The maximum Gasteiger partial charge on any atom is 0.230 e. The van der Waals surface area contributed by atoms with Crippen molar-refractivity contribution in [1.82, 2.24) is 25.5 Å². The van der Waals surface area contributed by atoms with Crippen molar-refractivity contribution < 1.29 is 9.53 Å². The summed E-state index contributed by atoms with van der Waals surface area (Å²) < 4.78 is 7.18. The van der Waals surface area contributed by atoms with E-state index in [1.807, 2.05) is 26.0 Å². The minimum absolute atomic E-state index is 0.0361. The second-order valence-corrected chi connectivity index (χ2v) is 6.83. The maximum absolute atomic E-state index is 12.0. The monoisotopic (exact) mass is 347 g/mol. The molecule has 128 valence electrons. The molecule has 0 radical (unpaired) electrons. The van der Waals surface area contributed by atoms with E-state index in [9.17, 15) is 4.79 Å². The molecule has 8 heteroatoms. The summed E-state index contributed by atoms with van der Waals surface area (Å²) in [5.74, 6) is 0.240. The number of nitrogens with one attached hydrogen (secondary N) is 1. The number of carbonyl (C=O) groups excluding carboxylic acids is 1. The van der Waals surface area contributed by atoms with Gasteiger partial charge in [-0.2, -0.15) is 4.68 Å². The second-order valence-electron chi connectivity index (χ2n) is 5.89. The fourth-order valence-corrected chi connectivity index (χ4v) is 3.30. The Balaban J connectivity index is 1.59. The predicted molar refractivity (Wildman–Crippen MR) is 91.3 cm³/mol. The van der Waals surface area contributed by atoms with Crippen molar-refractivity contribution in [3.63, 3.8) is 0 Å². The molecule has 1 N–H and O–H groups in total. The smallest absolute Gasteiger partial charge is 0.230 e. The second kappa shape index (κ2) is 7.76. The van der Waals surface area contributed by atoms with Gasteiger partial charge in [0.15, 0.2) is 0 Å². The van der Waals surface area contributed by atoms with Crippen LogP contribution >= 0.6 is 11.8 Å². The number of rotatable bonds is 6. The molecule has 0 unspecified atom stereocenters. The summed E-state index contributed by atoms with van der Waals surface area (Å²) in [7, 11) is 0. The number of ether oxygens (including phenoxy) is 1. The van der Waals surface area contributed by atoms with Gasteiger partial charge < -0.3 is 10.1 Å².